The summed E-state index contributed by atoms with van der Waals surface area (Å²) < 4.78 is 2.19. The molecule has 2 heterocycles. The Hall–Kier alpha value is -3.08. The number of aromatic nitrogens is 1. The molecule has 1 aromatic heterocycles. The maximum Gasteiger partial charge on any atom is 0.255 e. The lowest BCUT2D eigenvalue weighted by atomic mass is 10.0. The van der Waals surface area contributed by atoms with Crippen molar-refractivity contribution in [3.63, 3.8) is 0 Å². The summed E-state index contributed by atoms with van der Waals surface area (Å²) in [4.78, 5) is 27.9. The topological polar surface area (TPSA) is 54.3 Å². The molecule has 0 radical (unpaired) electrons. The van der Waals surface area contributed by atoms with Crippen molar-refractivity contribution in [1.29, 1.82) is 0 Å². The molecule has 0 aliphatic carbocycles. The molecule has 2 aromatic carbocycles. The van der Waals surface area contributed by atoms with Crippen molar-refractivity contribution < 1.29 is 9.59 Å². The maximum absolute atomic E-state index is 13.3. The first-order valence-electron chi connectivity index (χ1n) is 10.2. The molecule has 1 atom stereocenters. The molecule has 1 aliphatic heterocycles. The number of rotatable bonds is 5. The van der Waals surface area contributed by atoms with Crippen LogP contribution < -0.4 is 5.32 Å². The van der Waals surface area contributed by atoms with Gasteiger partial charge in [0.2, 0.25) is 5.91 Å². The van der Waals surface area contributed by atoms with Gasteiger partial charge in [0.25, 0.3) is 5.91 Å². The SMILES string of the molecule is CC(C)[C@@H](C(=O)Nc1cccc2c1ccn2C(C)C)N1Cc2ccccc2C1=O. The molecule has 0 fully saturated rings. The van der Waals surface area contributed by atoms with Gasteiger partial charge in [-0.2, -0.15) is 0 Å². The number of nitrogens with one attached hydrogen (secondary N) is 1. The second kappa shape index (κ2) is 7.39. The molecule has 3 aromatic rings. The molecule has 0 bridgehead atoms. The van der Waals surface area contributed by atoms with E-state index in [1.165, 1.54) is 0 Å². The molecule has 0 saturated carbocycles. The Balaban J connectivity index is 1.63. The molecular formula is C24H27N3O2. The molecule has 1 N–H and O–H groups in total. The number of nitrogens with zero attached hydrogens (tertiary/aromatic N) is 2. The van der Waals surface area contributed by atoms with E-state index in [9.17, 15) is 9.59 Å². The van der Waals surface area contributed by atoms with Gasteiger partial charge in [-0.1, -0.05) is 38.1 Å². The van der Waals surface area contributed by atoms with Gasteiger partial charge >= 0.3 is 0 Å². The second-order valence-corrected chi connectivity index (χ2v) is 8.32. The van der Waals surface area contributed by atoms with E-state index in [1.807, 2.05) is 62.5 Å². The van der Waals surface area contributed by atoms with Gasteiger partial charge < -0.3 is 14.8 Å². The summed E-state index contributed by atoms with van der Waals surface area (Å²) in [5.41, 5.74) is 3.54. The van der Waals surface area contributed by atoms with E-state index >= 15 is 0 Å². The third kappa shape index (κ3) is 3.31. The molecule has 0 saturated heterocycles. The van der Waals surface area contributed by atoms with E-state index in [0.29, 0.717) is 18.2 Å². The Labute approximate surface area is 171 Å². The van der Waals surface area contributed by atoms with Crippen molar-refractivity contribution in [2.24, 2.45) is 5.92 Å². The minimum absolute atomic E-state index is 0.00673. The smallest absolute Gasteiger partial charge is 0.255 e. The Morgan fingerprint density at radius 2 is 1.76 bits per heavy atom. The normalized spacial score (nSPS) is 14.7. The quantitative estimate of drug-likeness (QED) is 0.679. The average Bonchev–Trinajstić information content (AvgIpc) is 3.25. The fourth-order valence-electron chi connectivity index (χ4n) is 4.26. The highest BCUT2D eigenvalue weighted by Crippen LogP contribution is 2.30. The number of carbonyl (C=O) groups is 2. The second-order valence-electron chi connectivity index (χ2n) is 8.32. The van der Waals surface area contributed by atoms with E-state index < -0.39 is 6.04 Å². The fourth-order valence-corrected chi connectivity index (χ4v) is 4.26. The first kappa shape index (κ1) is 19.2. The molecule has 2 amide bonds. The van der Waals surface area contributed by atoms with Gasteiger partial charge in [0.1, 0.15) is 6.04 Å². The third-order valence-electron chi connectivity index (χ3n) is 5.66. The van der Waals surface area contributed by atoms with Gasteiger partial charge in [-0.25, -0.2) is 0 Å². The summed E-state index contributed by atoms with van der Waals surface area (Å²) in [6, 6.07) is 15.4. The number of anilines is 1. The van der Waals surface area contributed by atoms with Gasteiger partial charge in [-0.15, -0.1) is 0 Å². The van der Waals surface area contributed by atoms with Crippen LogP contribution >= 0.6 is 0 Å². The predicted octanol–water partition coefficient (Wildman–Crippen LogP) is 4.84. The first-order valence-corrected chi connectivity index (χ1v) is 10.2. The van der Waals surface area contributed by atoms with Crippen molar-refractivity contribution in [3.05, 3.63) is 65.9 Å². The fraction of sp³-hybridized carbons (Fsp3) is 0.333. The van der Waals surface area contributed by atoms with E-state index in [4.69, 9.17) is 0 Å². The summed E-state index contributed by atoms with van der Waals surface area (Å²) in [6.45, 7) is 8.71. The van der Waals surface area contributed by atoms with Crippen molar-refractivity contribution in [2.45, 2.75) is 46.3 Å². The van der Waals surface area contributed by atoms with Gasteiger partial charge in [0, 0.05) is 29.7 Å². The van der Waals surface area contributed by atoms with Gasteiger partial charge in [-0.3, -0.25) is 9.59 Å². The van der Waals surface area contributed by atoms with Gasteiger partial charge in [0.15, 0.2) is 0 Å². The zero-order valence-corrected chi connectivity index (χ0v) is 17.3. The summed E-state index contributed by atoms with van der Waals surface area (Å²) in [5.74, 6) is -0.225. The highest BCUT2D eigenvalue weighted by molar-refractivity contribution is 6.06. The van der Waals surface area contributed by atoms with Crippen molar-refractivity contribution in [3.8, 4) is 0 Å². The summed E-state index contributed by atoms with van der Waals surface area (Å²) in [7, 11) is 0. The number of amides is 2. The zero-order valence-electron chi connectivity index (χ0n) is 17.3. The molecule has 29 heavy (non-hydrogen) atoms. The highest BCUT2D eigenvalue weighted by atomic mass is 16.2. The van der Waals surface area contributed by atoms with Crippen molar-refractivity contribution in [2.75, 3.05) is 5.32 Å². The van der Waals surface area contributed by atoms with Gasteiger partial charge in [0.05, 0.1) is 11.2 Å². The van der Waals surface area contributed by atoms with E-state index in [2.05, 4.69) is 29.8 Å². The number of fused-ring (bicyclic) bond motifs is 2. The van der Waals surface area contributed by atoms with Crippen LogP contribution in [0, 0.1) is 5.92 Å². The monoisotopic (exact) mass is 389 g/mol. The summed E-state index contributed by atoms with van der Waals surface area (Å²) in [5, 5.41) is 4.10. The largest absolute Gasteiger partial charge is 0.345 e. The Bertz CT molecular complexity index is 1080. The standard InChI is InChI=1S/C24H27N3O2/c1-15(2)22(27-14-17-8-5-6-9-18(17)24(27)29)23(28)25-20-10-7-11-21-19(20)12-13-26(21)16(3)4/h5-13,15-16,22H,14H2,1-4H3,(H,25,28)/t22-/m0/s1. The molecular weight excluding hydrogens is 362 g/mol. The molecule has 5 nitrogen and oxygen atoms in total. The Kier molecular flexibility index (Phi) is 4.91. The third-order valence-corrected chi connectivity index (χ3v) is 5.66. The zero-order chi connectivity index (χ0) is 20.7. The van der Waals surface area contributed by atoms with Crippen LogP contribution in [-0.4, -0.2) is 27.3 Å². The van der Waals surface area contributed by atoms with Crippen LogP contribution in [-0.2, 0) is 11.3 Å². The Morgan fingerprint density at radius 1 is 1.00 bits per heavy atom. The van der Waals surface area contributed by atoms with Crippen LogP contribution in [0.25, 0.3) is 10.9 Å². The van der Waals surface area contributed by atoms with Crippen molar-refractivity contribution in [1.82, 2.24) is 9.47 Å². The van der Waals surface area contributed by atoms with Crippen LogP contribution in [0.1, 0.15) is 49.7 Å². The molecule has 1 aliphatic rings. The van der Waals surface area contributed by atoms with Crippen LogP contribution in [0.5, 0.6) is 0 Å². The minimum atomic E-state index is -0.530. The number of benzene rings is 2. The van der Waals surface area contributed by atoms with E-state index in [0.717, 1.165) is 22.2 Å². The highest BCUT2D eigenvalue weighted by Gasteiger charge is 2.38. The maximum atomic E-state index is 13.3. The number of hydrogen-bond donors (Lipinski definition) is 1. The molecule has 150 valence electrons. The molecule has 5 heteroatoms. The van der Waals surface area contributed by atoms with E-state index in [1.54, 1.807) is 4.90 Å². The summed E-state index contributed by atoms with van der Waals surface area (Å²) in [6.07, 6.45) is 2.05. The van der Waals surface area contributed by atoms with Gasteiger partial charge in [-0.05, 0) is 49.6 Å². The van der Waals surface area contributed by atoms with Crippen LogP contribution in [0.4, 0.5) is 5.69 Å². The molecule has 0 spiro atoms. The molecule has 0 unspecified atom stereocenters. The molecule has 4 rings (SSSR count). The van der Waals surface area contributed by atoms with Crippen molar-refractivity contribution >= 4 is 28.4 Å². The number of carbonyl (C=O) groups excluding carboxylic acids is 2. The summed E-state index contributed by atoms with van der Waals surface area (Å²) >= 11 is 0. The predicted molar refractivity (Wildman–Crippen MR) is 116 cm³/mol. The van der Waals surface area contributed by atoms with Crippen LogP contribution in [0.3, 0.4) is 0 Å². The number of hydrogen-bond acceptors (Lipinski definition) is 2. The lowest BCUT2D eigenvalue weighted by Crippen LogP contribution is -2.47. The lowest BCUT2D eigenvalue weighted by molar-refractivity contribution is -0.122. The Morgan fingerprint density at radius 3 is 2.45 bits per heavy atom. The lowest BCUT2D eigenvalue weighted by Gasteiger charge is -2.30. The first-order chi connectivity index (χ1) is 13.9. The average molecular weight is 389 g/mol. The van der Waals surface area contributed by atoms with Crippen LogP contribution in [0.15, 0.2) is 54.7 Å². The van der Waals surface area contributed by atoms with Crippen LogP contribution in [0.2, 0.25) is 0 Å². The van der Waals surface area contributed by atoms with E-state index in [-0.39, 0.29) is 17.7 Å². The minimum Gasteiger partial charge on any atom is -0.345 e.